The molecule has 5 nitrogen and oxygen atoms in total. The average molecular weight is 294 g/mol. The average Bonchev–Trinajstić information content (AvgIpc) is 3.19. The number of hydrogen-bond donors (Lipinski definition) is 1. The van der Waals surface area contributed by atoms with Crippen molar-refractivity contribution < 1.29 is 4.79 Å². The number of carbonyl (C=O) groups excluding carboxylic acids is 1. The van der Waals surface area contributed by atoms with Crippen molar-refractivity contribution in [1.82, 2.24) is 14.8 Å². The van der Waals surface area contributed by atoms with Gasteiger partial charge in [-0.3, -0.25) is 9.69 Å². The van der Waals surface area contributed by atoms with E-state index in [0.717, 1.165) is 30.9 Å². The van der Waals surface area contributed by atoms with E-state index in [4.69, 9.17) is 5.73 Å². The third-order valence-electron chi connectivity index (χ3n) is 4.24. The fourth-order valence-corrected chi connectivity index (χ4v) is 3.93. The number of hydrogen-bond acceptors (Lipinski definition) is 5. The molecule has 1 aromatic rings. The molecule has 2 aliphatic rings. The van der Waals surface area contributed by atoms with E-state index >= 15 is 0 Å². The van der Waals surface area contributed by atoms with Crippen LogP contribution in [0.5, 0.6) is 0 Å². The quantitative estimate of drug-likeness (QED) is 0.898. The molecular formula is C14H22N4OS. The second-order valence-corrected chi connectivity index (χ2v) is 6.54. The van der Waals surface area contributed by atoms with Gasteiger partial charge in [0, 0.05) is 30.9 Å². The summed E-state index contributed by atoms with van der Waals surface area (Å²) in [4.78, 5) is 21.3. The van der Waals surface area contributed by atoms with Gasteiger partial charge in [-0.1, -0.05) is 0 Å². The summed E-state index contributed by atoms with van der Waals surface area (Å²) in [6.07, 6.45) is 4.47. The first kappa shape index (κ1) is 14.0. The predicted molar refractivity (Wildman–Crippen MR) is 80.0 cm³/mol. The zero-order chi connectivity index (χ0) is 13.9. The van der Waals surface area contributed by atoms with Crippen molar-refractivity contribution in [3.05, 3.63) is 16.1 Å². The van der Waals surface area contributed by atoms with E-state index in [0.29, 0.717) is 18.3 Å². The Hall–Kier alpha value is -0.980. The third-order valence-corrected chi connectivity index (χ3v) is 5.15. The zero-order valence-electron chi connectivity index (χ0n) is 11.8. The number of rotatable bonds is 4. The van der Waals surface area contributed by atoms with E-state index in [9.17, 15) is 4.79 Å². The molecule has 1 amide bonds. The number of thiazole rings is 1. The Morgan fingerprint density at radius 1 is 1.40 bits per heavy atom. The topological polar surface area (TPSA) is 62.5 Å². The molecule has 2 N–H and O–H groups in total. The van der Waals surface area contributed by atoms with Gasteiger partial charge < -0.3 is 10.6 Å². The van der Waals surface area contributed by atoms with Crippen molar-refractivity contribution in [3.63, 3.8) is 0 Å². The van der Waals surface area contributed by atoms with Gasteiger partial charge in [-0.05, 0) is 38.9 Å². The van der Waals surface area contributed by atoms with Crippen molar-refractivity contribution in [2.24, 2.45) is 5.73 Å². The molecule has 2 fully saturated rings. The van der Waals surface area contributed by atoms with Crippen LogP contribution in [-0.2, 0) is 6.42 Å². The lowest BCUT2D eigenvalue weighted by atomic mass is 10.2. The summed E-state index contributed by atoms with van der Waals surface area (Å²) in [6, 6.07) is 0.559. The van der Waals surface area contributed by atoms with Crippen LogP contribution in [0.4, 0.5) is 0 Å². The summed E-state index contributed by atoms with van der Waals surface area (Å²) >= 11 is 1.54. The summed E-state index contributed by atoms with van der Waals surface area (Å²) in [7, 11) is 0. The smallest absolute Gasteiger partial charge is 0.273 e. The Kier molecular flexibility index (Phi) is 4.33. The fraction of sp³-hybridized carbons (Fsp3) is 0.714. The maximum atomic E-state index is 12.4. The number of aromatic nitrogens is 1. The van der Waals surface area contributed by atoms with Crippen LogP contribution in [0.25, 0.3) is 0 Å². The van der Waals surface area contributed by atoms with Crippen molar-refractivity contribution in [3.8, 4) is 0 Å². The molecule has 0 saturated carbocycles. The molecule has 0 radical (unpaired) electrons. The molecule has 1 unspecified atom stereocenters. The second kappa shape index (κ2) is 6.20. The van der Waals surface area contributed by atoms with Crippen LogP contribution in [0.3, 0.4) is 0 Å². The van der Waals surface area contributed by atoms with E-state index in [1.165, 1.54) is 37.3 Å². The first-order valence-electron chi connectivity index (χ1n) is 7.45. The fourth-order valence-electron chi connectivity index (χ4n) is 3.14. The van der Waals surface area contributed by atoms with E-state index < -0.39 is 0 Å². The molecule has 6 heteroatoms. The first-order chi connectivity index (χ1) is 9.78. The van der Waals surface area contributed by atoms with E-state index in [1.807, 2.05) is 10.3 Å². The Morgan fingerprint density at radius 3 is 2.95 bits per heavy atom. The molecule has 2 saturated heterocycles. The summed E-state index contributed by atoms with van der Waals surface area (Å²) in [5.41, 5.74) is 6.12. The van der Waals surface area contributed by atoms with E-state index in [-0.39, 0.29) is 5.91 Å². The molecule has 3 rings (SSSR count). The van der Waals surface area contributed by atoms with Gasteiger partial charge >= 0.3 is 0 Å². The number of nitrogens with zero attached hydrogens (tertiary/aromatic N) is 3. The highest BCUT2D eigenvalue weighted by Gasteiger charge is 2.32. The lowest BCUT2D eigenvalue weighted by Gasteiger charge is -2.23. The monoisotopic (exact) mass is 294 g/mol. The van der Waals surface area contributed by atoms with Gasteiger partial charge in [0.2, 0.25) is 0 Å². The molecule has 0 bridgehead atoms. The van der Waals surface area contributed by atoms with Gasteiger partial charge in [-0.15, -0.1) is 11.3 Å². The van der Waals surface area contributed by atoms with Crippen LogP contribution < -0.4 is 5.73 Å². The van der Waals surface area contributed by atoms with Crippen LogP contribution in [0.1, 0.15) is 34.8 Å². The van der Waals surface area contributed by atoms with Crippen molar-refractivity contribution >= 4 is 17.2 Å². The van der Waals surface area contributed by atoms with Gasteiger partial charge in [0.15, 0.2) is 0 Å². The Labute approximate surface area is 123 Å². The Bertz CT molecular complexity index is 469. The van der Waals surface area contributed by atoms with Gasteiger partial charge in [0.25, 0.3) is 5.91 Å². The van der Waals surface area contributed by atoms with Crippen molar-refractivity contribution in [1.29, 1.82) is 0 Å². The maximum Gasteiger partial charge on any atom is 0.273 e. The molecular weight excluding hydrogens is 272 g/mol. The largest absolute Gasteiger partial charge is 0.336 e. The van der Waals surface area contributed by atoms with Crippen LogP contribution >= 0.6 is 11.3 Å². The summed E-state index contributed by atoms with van der Waals surface area (Å²) < 4.78 is 0. The number of amides is 1. The molecule has 0 aliphatic carbocycles. The maximum absolute atomic E-state index is 12.4. The Balaban J connectivity index is 1.59. The standard InChI is InChI=1S/C14H22N4OS/c15-5-3-13-16-12(10-20-13)14(19)18-8-4-11(9-18)17-6-1-2-7-17/h10-11H,1-9,15H2. The highest BCUT2D eigenvalue weighted by atomic mass is 32.1. The third kappa shape index (κ3) is 2.87. The van der Waals surface area contributed by atoms with Gasteiger partial charge in [-0.2, -0.15) is 0 Å². The van der Waals surface area contributed by atoms with Crippen molar-refractivity contribution in [2.75, 3.05) is 32.7 Å². The minimum atomic E-state index is 0.0891. The number of carbonyl (C=O) groups is 1. The minimum Gasteiger partial charge on any atom is -0.336 e. The molecule has 110 valence electrons. The molecule has 0 spiro atoms. The molecule has 2 aliphatic heterocycles. The van der Waals surface area contributed by atoms with Crippen LogP contribution in [0, 0.1) is 0 Å². The zero-order valence-corrected chi connectivity index (χ0v) is 12.6. The highest BCUT2D eigenvalue weighted by molar-refractivity contribution is 7.09. The summed E-state index contributed by atoms with van der Waals surface area (Å²) in [6.45, 7) is 4.71. The number of nitrogens with two attached hydrogens (primary N) is 1. The normalized spacial score (nSPS) is 23.6. The number of likely N-dealkylation sites (tertiary alicyclic amines) is 2. The van der Waals surface area contributed by atoms with Crippen LogP contribution in [0.2, 0.25) is 0 Å². The van der Waals surface area contributed by atoms with Gasteiger partial charge in [0.1, 0.15) is 5.69 Å². The van der Waals surface area contributed by atoms with Gasteiger partial charge in [0.05, 0.1) is 5.01 Å². The lowest BCUT2D eigenvalue weighted by molar-refractivity contribution is 0.0775. The van der Waals surface area contributed by atoms with Crippen LogP contribution in [0.15, 0.2) is 5.38 Å². The highest BCUT2D eigenvalue weighted by Crippen LogP contribution is 2.22. The molecule has 3 heterocycles. The molecule has 0 aromatic carbocycles. The van der Waals surface area contributed by atoms with Crippen LogP contribution in [-0.4, -0.2) is 59.5 Å². The summed E-state index contributed by atoms with van der Waals surface area (Å²) in [5, 5.41) is 2.84. The van der Waals surface area contributed by atoms with Gasteiger partial charge in [-0.25, -0.2) is 4.98 Å². The lowest BCUT2D eigenvalue weighted by Crippen LogP contribution is -2.37. The summed E-state index contributed by atoms with van der Waals surface area (Å²) in [5.74, 6) is 0.0891. The molecule has 1 atom stereocenters. The van der Waals surface area contributed by atoms with Crippen molar-refractivity contribution in [2.45, 2.75) is 31.7 Å². The first-order valence-corrected chi connectivity index (χ1v) is 8.33. The second-order valence-electron chi connectivity index (χ2n) is 5.60. The predicted octanol–water partition coefficient (Wildman–Crippen LogP) is 0.955. The molecule has 1 aromatic heterocycles. The SMILES string of the molecule is NCCc1nc(C(=O)N2CCC(N3CCCC3)C2)cs1. The Morgan fingerprint density at radius 2 is 2.20 bits per heavy atom. The van der Waals surface area contributed by atoms with E-state index in [2.05, 4.69) is 9.88 Å². The van der Waals surface area contributed by atoms with E-state index in [1.54, 1.807) is 0 Å². The molecule has 20 heavy (non-hydrogen) atoms. The minimum absolute atomic E-state index is 0.0891.